The van der Waals surface area contributed by atoms with Crippen LogP contribution < -0.4 is 20.1 Å². The number of anilines is 1. The molecule has 1 fully saturated rings. The number of piperidine rings is 1. The number of amides is 1. The molecule has 1 atom stereocenters. The highest BCUT2D eigenvalue weighted by molar-refractivity contribution is 5.93. The summed E-state index contributed by atoms with van der Waals surface area (Å²) >= 11 is 0. The Labute approximate surface area is 131 Å². The number of aryl methyl sites for hydroxylation is 1. The average molecular weight is 315 g/mol. The van der Waals surface area contributed by atoms with Gasteiger partial charge in [0.05, 0.1) is 20.1 Å². The third kappa shape index (κ3) is 4.25. The van der Waals surface area contributed by atoms with Crippen LogP contribution in [0, 0.1) is 12.8 Å². The summed E-state index contributed by atoms with van der Waals surface area (Å²) in [5.41, 5.74) is 1.73. The fraction of sp³-hybridized carbons (Fsp3) is 0.533. The van der Waals surface area contributed by atoms with Crippen LogP contribution in [0.15, 0.2) is 12.1 Å². The van der Waals surface area contributed by atoms with E-state index in [1.165, 1.54) is 0 Å². The lowest BCUT2D eigenvalue weighted by Gasteiger charge is -2.22. The Morgan fingerprint density at radius 3 is 2.52 bits per heavy atom. The van der Waals surface area contributed by atoms with Gasteiger partial charge in [0, 0.05) is 18.3 Å². The number of ether oxygens (including phenoxy) is 2. The van der Waals surface area contributed by atoms with Crippen molar-refractivity contribution in [2.75, 3.05) is 32.6 Å². The van der Waals surface area contributed by atoms with Gasteiger partial charge in [0.2, 0.25) is 5.91 Å². The summed E-state index contributed by atoms with van der Waals surface area (Å²) in [5, 5.41) is 6.24. The first kappa shape index (κ1) is 17.6. The highest BCUT2D eigenvalue weighted by Gasteiger charge is 2.21. The van der Waals surface area contributed by atoms with Crippen LogP contribution in [0.2, 0.25) is 0 Å². The lowest BCUT2D eigenvalue weighted by Crippen LogP contribution is -2.37. The van der Waals surface area contributed by atoms with E-state index in [2.05, 4.69) is 10.6 Å². The van der Waals surface area contributed by atoms with Crippen LogP contribution >= 0.6 is 12.4 Å². The molecule has 1 heterocycles. The molecule has 1 aromatic rings. The van der Waals surface area contributed by atoms with Gasteiger partial charge in [-0.1, -0.05) is 0 Å². The zero-order chi connectivity index (χ0) is 14.5. The first-order valence-corrected chi connectivity index (χ1v) is 6.90. The molecule has 0 saturated carbocycles. The van der Waals surface area contributed by atoms with E-state index in [4.69, 9.17) is 9.47 Å². The molecule has 1 aliphatic rings. The molecule has 0 aliphatic carbocycles. The maximum atomic E-state index is 12.3. The van der Waals surface area contributed by atoms with Crippen molar-refractivity contribution in [2.45, 2.75) is 19.8 Å². The van der Waals surface area contributed by atoms with E-state index in [1.807, 2.05) is 19.1 Å². The van der Waals surface area contributed by atoms with Crippen molar-refractivity contribution in [1.82, 2.24) is 5.32 Å². The standard InChI is InChI=1S/C15H22N2O3.ClH/c1-10-7-13(19-2)14(20-3)8-12(10)17-15(18)11-5-4-6-16-9-11;/h7-8,11,16H,4-6,9H2,1-3H3,(H,17,18);1H/t11-;/m1./s1. The normalized spacial score (nSPS) is 17.6. The molecule has 1 saturated heterocycles. The Bertz CT molecular complexity index is 488. The number of nitrogens with one attached hydrogen (secondary N) is 2. The van der Waals surface area contributed by atoms with Gasteiger partial charge in [-0.2, -0.15) is 0 Å². The average Bonchev–Trinajstić information content (AvgIpc) is 2.49. The Morgan fingerprint density at radius 1 is 1.29 bits per heavy atom. The number of hydrogen-bond acceptors (Lipinski definition) is 4. The molecule has 0 bridgehead atoms. The molecule has 118 valence electrons. The topological polar surface area (TPSA) is 59.6 Å². The van der Waals surface area contributed by atoms with Crippen molar-refractivity contribution < 1.29 is 14.3 Å². The predicted molar refractivity (Wildman–Crippen MR) is 85.8 cm³/mol. The molecule has 1 aliphatic heterocycles. The van der Waals surface area contributed by atoms with Gasteiger partial charge in [-0.3, -0.25) is 4.79 Å². The number of carbonyl (C=O) groups excluding carboxylic acids is 1. The lowest BCUT2D eigenvalue weighted by atomic mass is 9.98. The van der Waals surface area contributed by atoms with Gasteiger partial charge >= 0.3 is 0 Å². The van der Waals surface area contributed by atoms with Gasteiger partial charge in [0.15, 0.2) is 11.5 Å². The smallest absolute Gasteiger partial charge is 0.228 e. The molecule has 0 radical (unpaired) electrons. The van der Waals surface area contributed by atoms with Crippen LogP contribution in [0.5, 0.6) is 11.5 Å². The first-order valence-electron chi connectivity index (χ1n) is 6.90. The highest BCUT2D eigenvalue weighted by Crippen LogP contribution is 2.33. The van der Waals surface area contributed by atoms with E-state index in [9.17, 15) is 4.79 Å². The van der Waals surface area contributed by atoms with Crippen molar-refractivity contribution in [3.05, 3.63) is 17.7 Å². The third-order valence-corrected chi connectivity index (χ3v) is 3.66. The maximum absolute atomic E-state index is 12.3. The van der Waals surface area contributed by atoms with Gasteiger partial charge < -0.3 is 20.1 Å². The lowest BCUT2D eigenvalue weighted by molar-refractivity contribution is -0.120. The number of halogens is 1. The van der Waals surface area contributed by atoms with E-state index in [0.717, 1.165) is 37.2 Å². The number of rotatable bonds is 4. The molecule has 1 amide bonds. The van der Waals surface area contributed by atoms with Crippen molar-refractivity contribution in [1.29, 1.82) is 0 Å². The van der Waals surface area contributed by atoms with E-state index >= 15 is 0 Å². The molecule has 21 heavy (non-hydrogen) atoms. The summed E-state index contributed by atoms with van der Waals surface area (Å²) < 4.78 is 10.5. The molecule has 2 rings (SSSR count). The van der Waals surface area contributed by atoms with Gasteiger partial charge in [-0.25, -0.2) is 0 Å². The Morgan fingerprint density at radius 2 is 1.95 bits per heavy atom. The maximum Gasteiger partial charge on any atom is 0.228 e. The summed E-state index contributed by atoms with van der Waals surface area (Å²) in [5.74, 6) is 1.39. The molecule has 0 spiro atoms. The van der Waals surface area contributed by atoms with E-state index in [-0.39, 0.29) is 24.2 Å². The highest BCUT2D eigenvalue weighted by atomic mass is 35.5. The molecule has 2 N–H and O–H groups in total. The van der Waals surface area contributed by atoms with E-state index in [0.29, 0.717) is 11.5 Å². The summed E-state index contributed by atoms with van der Waals surface area (Å²) in [7, 11) is 3.19. The summed E-state index contributed by atoms with van der Waals surface area (Å²) in [6, 6.07) is 3.68. The minimum atomic E-state index is 0. The van der Waals surface area contributed by atoms with Crippen LogP contribution in [0.1, 0.15) is 18.4 Å². The van der Waals surface area contributed by atoms with Crippen LogP contribution in [-0.2, 0) is 4.79 Å². The van der Waals surface area contributed by atoms with Crippen molar-refractivity contribution >= 4 is 24.0 Å². The Hall–Kier alpha value is -1.46. The molecule has 1 aromatic carbocycles. The number of benzene rings is 1. The van der Waals surface area contributed by atoms with Gasteiger partial charge in [-0.15, -0.1) is 12.4 Å². The van der Waals surface area contributed by atoms with Crippen LogP contribution in [0.25, 0.3) is 0 Å². The van der Waals surface area contributed by atoms with Crippen molar-refractivity contribution in [3.63, 3.8) is 0 Å². The molecular weight excluding hydrogens is 292 g/mol. The van der Waals surface area contributed by atoms with Crippen molar-refractivity contribution in [2.24, 2.45) is 5.92 Å². The summed E-state index contributed by atoms with van der Waals surface area (Å²) in [6.07, 6.45) is 1.98. The van der Waals surface area contributed by atoms with Crippen molar-refractivity contribution in [3.8, 4) is 11.5 Å². The quantitative estimate of drug-likeness (QED) is 0.896. The molecule has 5 nitrogen and oxygen atoms in total. The Kier molecular flexibility index (Phi) is 6.78. The van der Waals surface area contributed by atoms with Crippen LogP contribution in [0.3, 0.4) is 0 Å². The fourth-order valence-electron chi connectivity index (χ4n) is 2.43. The number of hydrogen-bond donors (Lipinski definition) is 2. The molecule has 0 unspecified atom stereocenters. The van der Waals surface area contributed by atoms with Gasteiger partial charge in [0.1, 0.15) is 0 Å². The molecule has 0 aromatic heterocycles. The Balaban J connectivity index is 0.00000220. The van der Waals surface area contributed by atoms with E-state index in [1.54, 1.807) is 14.2 Å². The van der Waals surface area contributed by atoms with E-state index < -0.39 is 0 Å². The van der Waals surface area contributed by atoms with Crippen LogP contribution in [0.4, 0.5) is 5.69 Å². The second-order valence-corrected chi connectivity index (χ2v) is 5.05. The minimum Gasteiger partial charge on any atom is -0.493 e. The second-order valence-electron chi connectivity index (χ2n) is 5.05. The fourth-order valence-corrected chi connectivity index (χ4v) is 2.43. The molecule has 6 heteroatoms. The molecular formula is C15H23ClN2O3. The monoisotopic (exact) mass is 314 g/mol. The summed E-state index contributed by atoms with van der Waals surface area (Å²) in [4.78, 5) is 12.3. The first-order chi connectivity index (χ1) is 9.65. The SMILES string of the molecule is COc1cc(C)c(NC(=O)[C@@H]2CCCNC2)cc1OC.Cl. The predicted octanol–water partition coefficient (Wildman–Crippen LogP) is 2.37. The zero-order valence-electron chi connectivity index (χ0n) is 12.7. The van der Waals surface area contributed by atoms with Crippen LogP contribution in [-0.4, -0.2) is 33.2 Å². The largest absolute Gasteiger partial charge is 0.493 e. The number of methoxy groups -OCH3 is 2. The second kappa shape index (κ2) is 8.10. The minimum absolute atomic E-state index is 0. The summed E-state index contributed by atoms with van der Waals surface area (Å²) in [6.45, 7) is 3.69. The van der Waals surface area contributed by atoms with Gasteiger partial charge in [0.25, 0.3) is 0 Å². The zero-order valence-corrected chi connectivity index (χ0v) is 13.5. The third-order valence-electron chi connectivity index (χ3n) is 3.66. The van der Waals surface area contributed by atoms with Gasteiger partial charge in [-0.05, 0) is 37.9 Å². The number of carbonyl (C=O) groups is 1.